The van der Waals surface area contributed by atoms with Crippen molar-refractivity contribution in [2.24, 2.45) is 0 Å². The third-order valence-corrected chi connectivity index (χ3v) is 3.28. The van der Waals surface area contributed by atoms with Gasteiger partial charge >= 0.3 is 8.56 Å². The minimum Gasteiger partial charge on any atom is -0.525 e. The minimum atomic E-state index is -1.99. The average molecular weight is 202 g/mol. The Morgan fingerprint density at radius 1 is 1.23 bits per heavy atom. The molecule has 0 amide bonds. The predicted molar refractivity (Wildman–Crippen MR) is 58.8 cm³/mol. The molecule has 0 saturated carbocycles. The van der Waals surface area contributed by atoms with E-state index in [1.807, 2.05) is 19.9 Å². The van der Waals surface area contributed by atoms with Gasteiger partial charge in [0.1, 0.15) is 0 Å². The van der Waals surface area contributed by atoms with Crippen LogP contribution in [0.1, 0.15) is 34.6 Å². The molecule has 13 heavy (non-hydrogen) atoms. The van der Waals surface area contributed by atoms with Crippen molar-refractivity contribution in [2.45, 2.75) is 53.3 Å². The molecule has 0 aliphatic carbocycles. The van der Waals surface area contributed by atoms with Gasteiger partial charge in [-0.1, -0.05) is 6.08 Å². The molecule has 0 heterocycles. The first-order chi connectivity index (χ1) is 5.66. The summed E-state index contributed by atoms with van der Waals surface area (Å²) in [6.07, 6.45) is 1.96. The van der Waals surface area contributed by atoms with Crippen LogP contribution in [0.4, 0.5) is 0 Å². The SMILES string of the molecule is C/C=C(/C)O[Si](C)(C)OC(C)(C)C. The summed E-state index contributed by atoms with van der Waals surface area (Å²) in [5.41, 5.74) is -0.121. The van der Waals surface area contributed by atoms with Gasteiger partial charge in [-0.3, -0.25) is 0 Å². The maximum absolute atomic E-state index is 5.87. The number of hydrogen-bond acceptors (Lipinski definition) is 2. The topological polar surface area (TPSA) is 18.5 Å². The van der Waals surface area contributed by atoms with Crippen molar-refractivity contribution in [1.82, 2.24) is 0 Å². The fraction of sp³-hybridized carbons (Fsp3) is 0.800. The van der Waals surface area contributed by atoms with Crippen LogP contribution < -0.4 is 0 Å². The number of rotatable bonds is 3. The van der Waals surface area contributed by atoms with Gasteiger partial charge in [0.2, 0.25) is 0 Å². The second-order valence-corrected chi connectivity index (χ2v) is 7.82. The molecule has 0 atom stereocenters. The smallest absolute Gasteiger partial charge is 0.392 e. The van der Waals surface area contributed by atoms with Gasteiger partial charge in [-0.25, -0.2) is 0 Å². The van der Waals surface area contributed by atoms with Crippen LogP contribution in [-0.2, 0) is 8.85 Å². The predicted octanol–water partition coefficient (Wildman–Crippen LogP) is 3.44. The van der Waals surface area contributed by atoms with E-state index in [-0.39, 0.29) is 5.60 Å². The first-order valence-electron chi connectivity index (χ1n) is 4.68. The molecular weight excluding hydrogens is 180 g/mol. The van der Waals surface area contributed by atoms with Crippen LogP contribution in [0, 0.1) is 0 Å². The van der Waals surface area contributed by atoms with E-state index < -0.39 is 8.56 Å². The third-order valence-electron chi connectivity index (χ3n) is 1.37. The van der Waals surface area contributed by atoms with E-state index in [0.717, 1.165) is 5.76 Å². The Hall–Kier alpha value is -0.283. The summed E-state index contributed by atoms with van der Waals surface area (Å²) in [5, 5.41) is 0. The summed E-state index contributed by atoms with van der Waals surface area (Å²) < 4.78 is 11.6. The summed E-state index contributed by atoms with van der Waals surface area (Å²) in [6.45, 7) is 14.2. The van der Waals surface area contributed by atoms with E-state index in [1.165, 1.54) is 0 Å². The van der Waals surface area contributed by atoms with Gasteiger partial charge in [0.15, 0.2) is 0 Å². The standard InChI is InChI=1S/C10H22O2Si/c1-8-9(2)11-13(6,7)12-10(3,4)5/h8H,1-7H3/b9-8-. The molecule has 0 unspecified atom stereocenters. The number of allylic oxidation sites excluding steroid dienone is 2. The van der Waals surface area contributed by atoms with Crippen LogP contribution in [0.3, 0.4) is 0 Å². The van der Waals surface area contributed by atoms with E-state index in [4.69, 9.17) is 8.85 Å². The van der Waals surface area contributed by atoms with Crippen molar-refractivity contribution in [2.75, 3.05) is 0 Å². The van der Waals surface area contributed by atoms with Crippen LogP contribution in [0.15, 0.2) is 11.8 Å². The van der Waals surface area contributed by atoms with Gasteiger partial charge < -0.3 is 8.85 Å². The fourth-order valence-corrected chi connectivity index (χ4v) is 3.61. The molecule has 78 valence electrons. The molecule has 0 aliphatic heterocycles. The quantitative estimate of drug-likeness (QED) is 0.515. The normalized spacial score (nSPS) is 14.5. The van der Waals surface area contributed by atoms with Crippen molar-refractivity contribution in [3.05, 3.63) is 11.8 Å². The second-order valence-electron chi connectivity index (χ2n) is 4.62. The summed E-state index contributed by atoms with van der Waals surface area (Å²) >= 11 is 0. The molecule has 0 aromatic rings. The highest BCUT2D eigenvalue weighted by atomic mass is 28.4. The first-order valence-corrected chi connectivity index (χ1v) is 7.50. The Kier molecular flexibility index (Phi) is 4.19. The molecule has 0 aromatic carbocycles. The van der Waals surface area contributed by atoms with E-state index >= 15 is 0 Å². The van der Waals surface area contributed by atoms with Gasteiger partial charge in [0, 0.05) is 0 Å². The molecule has 0 spiro atoms. The van der Waals surface area contributed by atoms with E-state index in [2.05, 4.69) is 33.9 Å². The molecule has 0 bridgehead atoms. The van der Waals surface area contributed by atoms with Gasteiger partial charge in [-0.2, -0.15) is 0 Å². The zero-order valence-corrected chi connectivity index (χ0v) is 10.9. The molecule has 0 rings (SSSR count). The summed E-state index contributed by atoms with van der Waals surface area (Å²) in [7, 11) is -1.99. The van der Waals surface area contributed by atoms with Crippen LogP contribution in [0.2, 0.25) is 13.1 Å². The zero-order chi connectivity index (χ0) is 10.7. The maximum Gasteiger partial charge on any atom is 0.392 e. The van der Waals surface area contributed by atoms with Crippen molar-refractivity contribution < 1.29 is 8.85 Å². The highest BCUT2D eigenvalue weighted by Crippen LogP contribution is 2.19. The van der Waals surface area contributed by atoms with E-state index in [1.54, 1.807) is 0 Å². The molecule has 0 saturated heterocycles. The van der Waals surface area contributed by atoms with E-state index in [0.29, 0.717) is 0 Å². The molecular formula is C10H22O2Si. The van der Waals surface area contributed by atoms with Crippen molar-refractivity contribution in [1.29, 1.82) is 0 Å². The first kappa shape index (κ1) is 12.7. The van der Waals surface area contributed by atoms with E-state index in [9.17, 15) is 0 Å². The highest BCUT2D eigenvalue weighted by molar-refractivity contribution is 6.64. The summed E-state index contributed by atoms with van der Waals surface area (Å²) in [4.78, 5) is 0. The van der Waals surface area contributed by atoms with Gasteiger partial charge in [-0.15, -0.1) is 0 Å². The Morgan fingerprint density at radius 2 is 1.69 bits per heavy atom. The molecule has 0 fully saturated rings. The third kappa shape index (κ3) is 6.84. The maximum atomic E-state index is 5.87. The molecule has 0 aromatic heterocycles. The molecule has 2 nitrogen and oxygen atoms in total. The fourth-order valence-electron chi connectivity index (χ4n) is 1.20. The lowest BCUT2D eigenvalue weighted by Crippen LogP contribution is -2.41. The van der Waals surface area contributed by atoms with Crippen LogP contribution in [0.25, 0.3) is 0 Å². The second kappa shape index (κ2) is 4.29. The largest absolute Gasteiger partial charge is 0.525 e. The average Bonchev–Trinajstić information content (AvgIpc) is 1.80. The number of hydrogen-bond donors (Lipinski definition) is 0. The van der Waals surface area contributed by atoms with Crippen molar-refractivity contribution >= 4 is 8.56 Å². The Labute approximate surface area is 83.2 Å². The van der Waals surface area contributed by atoms with Crippen molar-refractivity contribution in [3.8, 4) is 0 Å². The minimum absolute atomic E-state index is 0.121. The highest BCUT2D eigenvalue weighted by Gasteiger charge is 2.32. The Bertz CT molecular complexity index is 190. The molecule has 0 N–H and O–H groups in total. The summed E-state index contributed by atoms with van der Waals surface area (Å²) in [5.74, 6) is 0.945. The lowest BCUT2D eigenvalue weighted by atomic mass is 10.2. The lowest BCUT2D eigenvalue weighted by molar-refractivity contribution is 0.0826. The lowest BCUT2D eigenvalue weighted by Gasteiger charge is -2.32. The van der Waals surface area contributed by atoms with Crippen molar-refractivity contribution in [3.63, 3.8) is 0 Å². The molecule has 0 radical (unpaired) electrons. The molecule has 0 aliphatic rings. The van der Waals surface area contributed by atoms with Crippen LogP contribution in [0.5, 0.6) is 0 Å². The zero-order valence-electron chi connectivity index (χ0n) is 9.89. The van der Waals surface area contributed by atoms with Crippen LogP contribution >= 0.6 is 0 Å². The molecule has 3 heteroatoms. The van der Waals surface area contributed by atoms with Gasteiger partial charge in [0.25, 0.3) is 0 Å². The van der Waals surface area contributed by atoms with Crippen LogP contribution in [-0.4, -0.2) is 14.2 Å². The van der Waals surface area contributed by atoms with Gasteiger partial charge in [0.05, 0.1) is 11.4 Å². The Balaban J connectivity index is 4.25. The van der Waals surface area contributed by atoms with Gasteiger partial charge in [-0.05, 0) is 47.7 Å². The Morgan fingerprint density at radius 3 is 2.00 bits per heavy atom. The summed E-state index contributed by atoms with van der Waals surface area (Å²) in [6, 6.07) is 0. The monoisotopic (exact) mass is 202 g/mol.